The fraction of sp³-hybridized carbons (Fsp3) is 0.500. The highest BCUT2D eigenvalue weighted by molar-refractivity contribution is 7.99. The summed E-state index contributed by atoms with van der Waals surface area (Å²) in [5.74, 6) is -0.147. The molecular formula is C20H26N4O3S. The Hall–Kier alpha value is -2.35. The number of piperidine rings is 1. The summed E-state index contributed by atoms with van der Waals surface area (Å²) in [6.07, 6.45) is 4.18. The fourth-order valence-electron chi connectivity index (χ4n) is 3.41. The summed E-state index contributed by atoms with van der Waals surface area (Å²) in [6, 6.07) is 8.11. The van der Waals surface area contributed by atoms with Crippen LogP contribution in [0, 0.1) is 5.92 Å². The number of thioether (sulfide) groups is 1. The van der Waals surface area contributed by atoms with Gasteiger partial charge in [-0.2, -0.15) is 0 Å². The quantitative estimate of drug-likeness (QED) is 0.523. The molecule has 1 aliphatic heterocycles. The lowest BCUT2D eigenvalue weighted by Crippen LogP contribution is -2.43. The molecule has 1 unspecified atom stereocenters. The number of amides is 1. The van der Waals surface area contributed by atoms with Crippen molar-refractivity contribution in [3.63, 3.8) is 0 Å². The van der Waals surface area contributed by atoms with Crippen LogP contribution in [0.5, 0.6) is 0 Å². The Labute approximate surface area is 169 Å². The van der Waals surface area contributed by atoms with Crippen molar-refractivity contribution in [2.45, 2.75) is 38.3 Å². The number of aryl methyl sites for hydroxylation is 1. The Morgan fingerprint density at radius 3 is 2.89 bits per heavy atom. The van der Waals surface area contributed by atoms with Gasteiger partial charge < -0.3 is 9.64 Å². The predicted molar refractivity (Wildman–Crippen MR) is 107 cm³/mol. The van der Waals surface area contributed by atoms with Gasteiger partial charge in [-0.1, -0.05) is 36.9 Å². The van der Waals surface area contributed by atoms with Crippen LogP contribution >= 0.6 is 11.8 Å². The first-order valence-corrected chi connectivity index (χ1v) is 10.7. The molecule has 0 N–H and O–H groups in total. The van der Waals surface area contributed by atoms with E-state index in [-0.39, 0.29) is 23.5 Å². The summed E-state index contributed by atoms with van der Waals surface area (Å²) in [5, 5.41) is 8.90. The standard InChI is InChI=1S/C20H26N4O3S/c1-3-15-8-5-6-10-17(15)24-14-21-22-20(24)28-13-18(25)23-11-7-9-16(12-23)19(26)27-4-2/h5-6,8,10,14,16H,3-4,7,9,11-13H2,1-2H3. The molecule has 1 aromatic heterocycles. The van der Waals surface area contributed by atoms with Crippen molar-refractivity contribution in [3.8, 4) is 5.69 Å². The third-order valence-corrected chi connectivity index (χ3v) is 5.80. The molecule has 7 nitrogen and oxygen atoms in total. The molecule has 1 aromatic carbocycles. The fourth-order valence-corrected chi connectivity index (χ4v) is 4.23. The Balaban J connectivity index is 1.63. The van der Waals surface area contributed by atoms with E-state index in [1.54, 1.807) is 18.2 Å². The van der Waals surface area contributed by atoms with Gasteiger partial charge in [0.15, 0.2) is 5.16 Å². The highest BCUT2D eigenvalue weighted by atomic mass is 32.2. The molecule has 0 bridgehead atoms. The van der Waals surface area contributed by atoms with Gasteiger partial charge in [0.2, 0.25) is 5.91 Å². The lowest BCUT2D eigenvalue weighted by molar-refractivity contribution is -0.151. The summed E-state index contributed by atoms with van der Waals surface area (Å²) in [7, 11) is 0. The maximum absolute atomic E-state index is 12.7. The molecule has 1 saturated heterocycles. The normalized spacial score (nSPS) is 16.8. The van der Waals surface area contributed by atoms with Crippen molar-refractivity contribution in [2.75, 3.05) is 25.4 Å². The van der Waals surface area contributed by atoms with E-state index in [1.165, 1.54) is 17.3 Å². The van der Waals surface area contributed by atoms with E-state index >= 15 is 0 Å². The van der Waals surface area contributed by atoms with Crippen LogP contribution in [0.15, 0.2) is 35.7 Å². The van der Waals surface area contributed by atoms with Crippen LogP contribution in [-0.4, -0.2) is 57.0 Å². The van der Waals surface area contributed by atoms with Crippen LogP contribution in [-0.2, 0) is 20.7 Å². The molecule has 2 aromatic rings. The number of para-hydroxylation sites is 1. The second-order valence-electron chi connectivity index (χ2n) is 6.69. The van der Waals surface area contributed by atoms with Gasteiger partial charge in [-0.3, -0.25) is 14.2 Å². The number of carbonyl (C=O) groups excluding carboxylic acids is 2. The molecule has 1 atom stereocenters. The summed E-state index contributed by atoms with van der Waals surface area (Å²) >= 11 is 1.37. The van der Waals surface area contributed by atoms with Gasteiger partial charge in [0.05, 0.1) is 24.0 Å². The SMILES string of the molecule is CCOC(=O)C1CCCN(C(=O)CSc2nncn2-c2ccccc2CC)C1. The monoisotopic (exact) mass is 402 g/mol. The van der Waals surface area contributed by atoms with Crippen LogP contribution in [0.3, 0.4) is 0 Å². The number of hydrogen-bond donors (Lipinski definition) is 0. The Kier molecular flexibility index (Phi) is 7.08. The number of nitrogens with zero attached hydrogens (tertiary/aromatic N) is 4. The molecular weight excluding hydrogens is 376 g/mol. The minimum atomic E-state index is -0.220. The van der Waals surface area contributed by atoms with Crippen molar-refractivity contribution in [2.24, 2.45) is 5.92 Å². The smallest absolute Gasteiger partial charge is 0.310 e. The molecule has 2 heterocycles. The number of benzene rings is 1. The molecule has 0 aliphatic carbocycles. The zero-order valence-electron chi connectivity index (χ0n) is 16.3. The summed E-state index contributed by atoms with van der Waals surface area (Å²) < 4.78 is 7.04. The number of esters is 1. The first-order valence-electron chi connectivity index (χ1n) is 9.69. The van der Waals surface area contributed by atoms with Crippen molar-refractivity contribution in [1.82, 2.24) is 19.7 Å². The van der Waals surface area contributed by atoms with Gasteiger partial charge >= 0.3 is 5.97 Å². The van der Waals surface area contributed by atoms with Crippen molar-refractivity contribution in [3.05, 3.63) is 36.2 Å². The largest absolute Gasteiger partial charge is 0.466 e. The highest BCUT2D eigenvalue weighted by Crippen LogP contribution is 2.24. The Bertz CT molecular complexity index is 823. The number of aromatic nitrogens is 3. The maximum Gasteiger partial charge on any atom is 0.310 e. The minimum Gasteiger partial charge on any atom is -0.466 e. The van der Waals surface area contributed by atoms with E-state index in [9.17, 15) is 9.59 Å². The molecule has 8 heteroatoms. The van der Waals surface area contributed by atoms with Crippen LogP contribution in [0.2, 0.25) is 0 Å². The second-order valence-corrected chi connectivity index (χ2v) is 7.63. The first-order chi connectivity index (χ1) is 13.6. The van der Waals surface area contributed by atoms with Gasteiger partial charge in [-0.15, -0.1) is 10.2 Å². The van der Waals surface area contributed by atoms with Gasteiger partial charge in [-0.25, -0.2) is 0 Å². The van der Waals surface area contributed by atoms with E-state index in [0.717, 1.165) is 24.9 Å². The number of rotatable bonds is 7. The molecule has 1 fully saturated rings. The van der Waals surface area contributed by atoms with Crippen LogP contribution in [0.4, 0.5) is 0 Å². The van der Waals surface area contributed by atoms with E-state index in [1.807, 2.05) is 22.8 Å². The zero-order valence-corrected chi connectivity index (χ0v) is 17.2. The third-order valence-electron chi connectivity index (χ3n) is 4.87. The minimum absolute atomic E-state index is 0.0114. The van der Waals surface area contributed by atoms with Crippen molar-refractivity contribution < 1.29 is 14.3 Å². The van der Waals surface area contributed by atoms with E-state index in [0.29, 0.717) is 24.9 Å². The number of ether oxygens (including phenoxy) is 1. The van der Waals surface area contributed by atoms with Crippen molar-refractivity contribution >= 4 is 23.6 Å². The van der Waals surface area contributed by atoms with Crippen LogP contribution in [0.1, 0.15) is 32.3 Å². The molecule has 28 heavy (non-hydrogen) atoms. The molecule has 150 valence electrons. The molecule has 3 rings (SSSR count). The topological polar surface area (TPSA) is 77.3 Å². The predicted octanol–water partition coefficient (Wildman–Crippen LogP) is 2.72. The van der Waals surface area contributed by atoms with Gasteiger partial charge in [0, 0.05) is 13.1 Å². The molecule has 1 amide bonds. The van der Waals surface area contributed by atoms with Gasteiger partial charge in [0.1, 0.15) is 6.33 Å². The number of likely N-dealkylation sites (tertiary alicyclic amines) is 1. The first kappa shape index (κ1) is 20.4. The molecule has 0 radical (unpaired) electrons. The lowest BCUT2D eigenvalue weighted by Gasteiger charge is -2.31. The van der Waals surface area contributed by atoms with Gasteiger partial charge in [-0.05, 0) is 37.8 Å². The number of carbonyl (C=O) groups is 2. The average molecular weight is 403 g/mol. The highest BCUT2D eigenvalue weighted by Gasteiger charge is 2.29. The lowest BCUT2D eigenvalue weighted by atomic mass is 9.98. The summed E-state index contributed by atoms with van der Waals surface area (Å²) in [5.41, 5.74) is 2.23. The second kappa shape index (κ2) is 9.73. The van der Waals surface area contributed by atoms with E-state index < -0.39 is 0 Å². The van der Waals surface area contributed by atoms with E-state index in [4.69, 9.17) is 4.74 Å². The molecule has 1 aliphatic rings. The van der Waals surface area contributed by atoms with E-state index in [2.05, 4.69) is 23.2 Å². The number of hydrogen-bond acceptors (Lipinski definition) is 6. The van der Waals surface area contributed by atoms with Crippen molar-refractivity contribution in [1.29, 1.82) is 0 Å². The van der Waals surface area contributed by atoms with Crippen LogP contribution in [0.25, 0.3) is 5.69 Å². The van der Waals surface area contributed by atoms with Crippen LogP contribution < -0.4 is 0 Å². The summed E-state index contributed by atoms with van der Waals surface area (Å²) in [6.45, 7) is 5.39. The zero-order chi connectivity index (χ0) is 19.9. The molecule has 0 saturated carbocycles. The third kappa shape index (κ3) is 4.73. The Morgan fingerprint density at radius 2 is 2.11 bits per heavy atom. The molecule has 0 spiro atoms. The van der Waals surface area contributed by atoms with Gasteiger partial charge in [0.25, 0.3) is 0 Å². The maximum atomic E-state index is 12.7. The average Bonchev–Trinajstić information content (AvgIpc) is 3.20. The summed E-state index contributed by atoms with van der Waals surface area (Å²) in [4.78, 5) is 26.4. The Morgan fingerprint density at radius 1 is 1.29 bits per heavy atom.